The first-order valence-corrected chi connectivity index (χ1v) is 33.0. The Morgan fingerprint density at radius 1 is 0.259 bits per heavy atom. The first kappa shape index (κ1) is 76.0. The molecule has 0 aromatic rings. The predicted molar refractivity (Wildman–Crippen MR) is 352 cm³/mol. The molecule has 0 bridgehead atoms. The topological polar surface area (TPSA) is 78.9 Å². The monoisotopic (exact) mass is 1120 g/mol. The number of rotatable bonds is 58. The molecule has 0 rings (SSSR count). The number of carbonyl (C=O) groups excluding carboxylic acids is 3. The summed E-state index contributed by atoms with van der Waals surface area (Å²) >= 11 is 0. The SMILES string of the molecule is CC/C=C\C/C=C\C/C=C\C/C=C\C/C=C\C/C=C\C/C=C\C/C=C\CCCCCCCCC(=O)OCC(COC(=O)CCCCCCCCCCCCCCCCC)OC(=O)CCC/C=C\C/C=C\C/C=C\C/C=C\C/C=C\CC. The van der Waals surface area contributed by atoms with E-state index in [4.69, 9.17) is 14.2 Å². The molecule has 0 aliphatic rings. The van der Waals surface area contributed by atoms with Gasteiger partial charge in [-0.25, -0.2) is 0 Å². The second kappa shape index (κ2) is 67.5. The first-order valence-electron chi connectivity index (χ1n) is 33.0. The van der Waals surface area contributed by atoms with Gasteiger partial charge in [0.05, 0.1) is 0 Å². The molecule has 0 spiro atoms. The van der Waals surface area contributed by atoms with Gasteiger partial charge in [-0.1, -0.05) is 294 Å². The molecular formula is C75H120O6. The van der Waals surface area contributed by atoms with Crippen LogP contribution in [0.2, 0.25) is 0 Å². The van der Waals surface area contributed by atoms with Crippen LogP contribution in [0.3, 0.4) is 0 Å². The highest BCUT2D eigenvalue weighted by Gasteiger charge is 2.19. The fourth-order valence-electron chi connectivity index (χ4n) is 8.67. The molecular weight excluding hydrogens is 997 g/mol. The van der Waals surface area contributed by atoms with Crippen LogP contribution < -0.4 is 0 Å². The molecule has 0 aliphatic carbocycles. The van der Waals surface area contributed by atoms with Crippen LogP contribution in [0.5, 0.6) is 0 Å². The average molecular weight is 1120 g/mol. The maximum absolute atomic E-state index is 12.9. The molecule has 6 heteroatoms. The molecule has 6 nitrogen and oxygen atoms in total. The summed E-state index contributed by atoms with van der Waals surface area (Å²) in [5, 5.41) is 0. The van der Waals surface area contributed by atoms with E-state index >= 15 is 0 Å². The maximum atomic E-state index is 12.9. The summed E-state index contributed by atoms with van der Waals surface area (Å²) in [6.45, 7) is 6.36. The fraction of sp³-hybridized carbons (Fsp3) is 0.613. The van der Waals surface area contributed by atoms with Gasteiger partial charge >= 0.3 is 17.9 Å². The Balaban J connectivity index is 4.42. The first-order chi connectivity index (χ1) is 40.0. The van der Waals surface area contributed by atoms with Crippen LogP contribution in [0.25, 0.3) is 0 Å². The third-order valence-electron chi connectivity index (χ3n) is 13.5. The molecule has 0 N–H and O–H groups in total. The van der Waals surface area contributed by atoms with Gasteiger partial charge in [0.15, 0.2) is 6.10 Å². The van der Waals surface area contributed by atoms with Crippen LogP contribution >= 0.6 is 0 Å². The minimum atomic E-state index is -0.821. The van der Waals surface area contributed by atoms with E-state index in [2.05, 4.69) is 179 Å². The number of hydrogen-bond donors (Lipinski definition) is 0. The van der Waals surface area contributed by atoms with E-state index in [1.807, 2.05) is 0 Å². The van der Waals surface area contributed by atoms with Crippen molar-refractivity contribution in [2.75, 3.05) is 13.2 Å². The standard InChI is InChI=1S/C75H120O6/c1-4-7-10-13-16-19-22-25-28-30-31-32-33-34-35-36-37-38-39-40-41-42-43-45-47-50-53-56-59-62-65-68-74(77)80-71-72(70-79-73(76)67-64-61-58-55-52-49-46-27-24-21-18-15-12-9-6-3)81-75(78)69-66-63-60-57-54-51-48-44-29-26-23-20-17-14-11-8-5-2/h7-8,10-11,16-17,19-20,25-26,28-29,31-32,34-35,37-38,40-41,43,45,48,51,57,60,72H,4-6,9,12-15,18,21-24,27,30,33,36,39,42,44,46-47,49-50,52-56,58-59,61-71H2,1-3H3/b10-7-,11-8-,19-16-,20-17-,28-25-,29-26-,32-31-,35-34-,38-37-,41-40-,45-43-,51-48-,60-57-. The third-order valence-corrected chi connectivity index (χ3v) is 13.5. The second-order valence-electron chi connectivity index (χ2n) is 21.3. The molecule has 81 heavy (non-hydrogen) atoms. The van der Waals surface area contributed by atoms with Crippen molar-refractivity contribution in [3.05, 3.63) is 158 Å². The van der Waals surface area contributed by atoms with Gasteiger partial charge in [-0.05, 0) is 122 Å². The number of hydrogen-bond acceptors (Lipinski definition) is 6. The van der Waals surface area contributed by atoms with E-state index in [-0.39, 0.29) is 37.5 Å². The lowest BCUT2D eigenvalue weighted by atomic mass is 10.0. The molecule has 456 valence electrons. The van der Waals surface area contributed by atoms with Crippen molar-refractivity contribution >= 4 is 17.9 Å². The van der Waals surface area contributed by atoms with Gasteiger partial charge in [-0.3, -0.25) is 14.4 Å². The van der Waals surface area contributed by atoms with Crippen molar-refractivity contribution < 1.29 is 28.6 Å². The zero-order valence-electron chi connectivity index (χ0n) is 52.2. The van der Waals surface area contributed by atoms with Crippen LogP contribution in [-0.4, -0.2) is 37.2 Å². The number of carbonyl (C=O) groups is 3. The molecule has 0 radical (unpaired) electrons. The van der Waals surface area contributed by atoms with Crippen molar-refractivity contribution in [2.45, 2.75) is 284 Å². The predicted octanol–water partition coefficient (Wildman–Crippen LogP) is 22.9. The highest BCUT2D eigenvalue weighted by atomic mass is 16.6. The lowest BCUT2D eigenvalue weighted by Gasteiger charge is -2.18. The molecule has 0 aromatic heterocycles. The Labute approximate surface area is 499 Å². The van der Waals surface area contributed by atoms with E-state index in [0.717, 1.165) is 141 Å². The molecule has 0 saturated heterocycles. The number of allylic oxidation sites excluding steroid dienone is 26. The summed E-state index contributed by atoms with van der Waals surface area (Å²) in [7, 11) is 0. The van der Waals surface area contributed by atoms with Crippen molar-refractivity contribution in [3.63, 3.8) is 0 Å². The van der Waals surface area contributed by atoms with Crippen LogP contribution in [0, 0.1) is 0 Å². The Morgan fingerprint density at radius 2 is 0.494 bits per heavy atom. The van der Waals surface area contributed by atoms with Crippen molar-refractivity contribution in [2.24, 2.45) is 0 Å². The Morgan fingerprint density at radius 3 is 0.790 bits per heavy atom. The number of unbranched alkanes of at least 4 members (excludes halogenated alkanes) is 21. The minimum Gasteiger partial charge on any atom is -0.462 e. The summed E-state index contributed by atoms with van der Waals surface area (Å²) in [6, 6.07) is 0. The summed E-state index contributed by atoms with van der Waals surface area (Å²) in [5.74, 6) is -0.982. The number of esters is 3. The lowest BCUT2D eigenvalue weighted by Crippen LogP contribution is -2.30. The second-order valence-corrected chi connectivity index (χ2v) is 21.3. The summed E-state index contributed by atoms with van der Waals surface area (Å²) in [6.07, 6.45) is 98.3. The maximum Gasteiger partial charge on any atom is 0.306 e. The highest BCUT2D eigenvalue weighted by Crippen LogP contribution is 2.15. The molecule has 0 amide bonds. The molecule has 0 fully saturated rings. The molecule has 0 saturated carbocycles. The van der Waals surface area contributed by atoms with Gasteiger partial charge < -0.3 is 14.2 Å². The van der Waals surface area contributed by atoms with Crippen LogP contribution in [0.1, 0.15) is 278 Å². The quantitative estimate of drug-likeness (QED) is 0.0261. The lowest BCUT2D eigenvalue weighted by molar-refractivity contribution is -0.167. The Kier molecular flexibility index (Phi) is 63.4. The Bertz CT molecular complexity index is 1810. The van der Waals surface area contributed by atoms with E-state index in [9.17, 15) is 14.4 Å². The minimum absolute atomic E-state index is 0.109. The summed E-state index contributed by atoms with van der Waals surface area (Å²) in [4.78, 5) is 38.3. The van der Waals surface area contributed by atoms with Gasteiger partial charge in [0.2, 0.25) is 0 Å². The highest BCUT2D eigenvalue weighted by molar-refractivity contribution is 5.71. The number of ether oxygens (including phenoxy) is 3. The normalized spacial score (nSPS) is 13.2. The molecule has 0 aromatic carbocycles. The van der Waals surface area contributed by atoms with E-state index in [1.165, 1.54) is 89.9 Å². The fourth-order valence-corrected chi connectivity index (χ4v) is 8.67. The summed E-state index contributed by atoms with van der Waals surface area (Å²) < 4.78 is 16.9. The van der Waals surface area contributed by atoms with Gasteiger partial charge in [0, 0.05) is 19.3 Å². The van der Waals surface area contributed by atoms with Crippen molar-refractivity contribution in [1.29, 1.82) is 0 Å². The van der Waals surface area contributed by atoms with E-state index in [0.29, 0.717) is 19.3 Å². The molecule has 0 heterocycles. The van der Waals surface area contributed by atoms with E-state index in [1.54, 1.807) is 0 Å². The van der Waals surface area contributed by atoms with E-state index < -0.39 is 6.10 Å². The smallest absolute Gasteiger partial charge is 0.306 e. The largest absolute Gasteiger partial charge is 0.462 e. The zero-order valence-corrected chi connectivity index (χ0v) is 52.2. The summed E-state index contributed by atoms with van der Waals surface area (Å²) in [5.41, 5.74) is 0. The van der Waals surface area contributed by atoms with Crippen LogP contribution in [0.4, 0.5) is 0 Å². The van der Waals surface area contributed by atoms with Gasteiger partial charge in [-0.15, -0.1) is 0 Å². The van der Waals surface area contributed by atoms with Crippen molar-refractivity contribution in [3.8, 4) is 0 Å². The third kappa shape index (κ3) is 65.7. The average Bonchev–Trinajstić information content (AvgIpc) is 3.47. The van der Waals surface area contributed by atoms with Gasteiger partial charge in [-0.2, -0.15) is 0 Å². The Hall–Kier alpha value is -4.97. The molecule has 1 atom stereocenters. The van der Waals surface area contributed by atoms with Crippen molar-refractivity contribution in [1.82, 2.24) is 0 Å². The molecule has 0 aliphatic heterocycles. The van der Waals surface area contributed by atoms with Crippen LogP contribution in [-0.2, 0) is 28.6 Å². The van der Waals surface area contributed by atoms with Gasteiger partial charge in [0.1, 0.15) is 13.2 Å². The molecule has 1 unspecified atom stereocenters. The van der Waals surface area contributed by atoms with Gasteiger partial charge in [0.25, 0.3) is 0 Å². The van der Waals surface area contributed by atoms with Crippen LogP contribution in [0.15, 0.2) is 158 Å². The zero-order chi connectivity index (χ0) is 58.5.